The maximum atomic E-state index is 12.4. The average molecular weight is 368 g/mol. The molecule has 2 aromatic carbocycles. The molecule has 1 aliphatic heterocycles. The van der Waals surface area contributed by atoms with Crippen molar-refractivity contribution in [1.82, 2.24) is 10.7 Å². The van der Waals surface area contributed by atoms with Crippen LogP contribution in [-0.4, -0.2) is 34.6 Å². The molecule has 1 heterocycles. The molecule has 0 radical (unpaired) electrons. The van der Waals surface area contributed by atoms with Gasteiger partial charge in [-0.1, -0.05) is 30.3 Å². The lowest BCUT2D eigenvalue weighted by atomic mass is 9.88. The Morgan fingerprint density at radius 1 is 1.30 bits per heavy atom. The number of phenolic OH excluding ortho intramolecular Hbond substituents is 1. The molecule has 2 amide bonds. The number of nitro benzene ring substituents is 1. The third kappa shape index (κ3) is 3.92. The Morgan fingerprint density at radius 3 is 2.74 bits per heavy atom. The molecule has 0 bridgehead atoms. The fraction of sp³-hybridized carbons (Fsp3) is 0.167. The summed E-state index contributed by atoms with van der Waals surface area (Å²) >= 11 is 0. The number of phenols is 1. The zero-order valence-corrected chi connectivity index (χ0v) is 14.0. The molecule has 0 unspecified atom stereocenters. The maximum Gasteiger partial charge on any atom is 0.278 e. The predicted octanol–water partition coefficient (Wildman–Crippen LogP) is 1.28. The fourth-order valence-corrected chi connectivity index (χ4v) is 2.98. The van der Waals surface area contributed by atoms with Crippen LogP contribution in [0.2, 0.25) is 0 Å². The monoisotopic (exact) mass is 368 g/mol. The van der Waals surface area contributed by atoms with Crippen molar-refractivity contribution in [3.8, 4) is 5.75 Å². The van der Waals surface area contributed by atoms with Gasteiger partial charge in [0.2, 0.25) is 5.91 Å². The number of aromatic hydroxyl groups is 1. The Hall–Kier alpha value is -3.75. The number of nitrogens with zero attached hydrogens (tertiary/aromatic N) is 2. The van der Waals surface area contributed by atoms with E-state index in [9.17, 15) is 24.8 Å². The van der Waals surface area contributed by atoms with Crippen molar-refractivity contribution in [2.75, 3.05) is 6.54 Å². The second kappa shape index (κ2) is 7.65. The van der Waals surface area contributed by atoms with Crippen LogP contribution in [0, 0.1) is 16.0 Å². The number of hydrogen-bond acceptors (Lipinski definition) is 6. The number of nitro groups is 1. The molecular weight excluding hydrogens is 352 g/mol. The molecule has 9 nitrogen and oxygen atoms in total. The zero-order chi connectivity index (χ0) is 19.4. The number of nitrogens with one attached hydrogen (secondary N) is 2. The Kier molecular flexibility index (Phi) is 5.11. The number of carbonyl (C=O) groups is 2. The van der Waals surface area contributed by atoms with Crippen molar-refractivity contribution in [3.05, 3.63) is 69.8 Å². The largest absolute Gasteiger partial charge is 0.508 e. The first-order valence-corrected chi connectivity index (χ1v) is 8.10. The summed E-state index contributed by atoms with van der Waals surface area (Å²) in [5.74, 6) is -2.47. The van der Waals surface area contributed by atoms with Crippen molar-refractivity contribution < 1.29 is 19.6 Å². The molecule has 27 heavy (non-hydrogen) atoms. The summed E-state index contributed by atoms with van der Waals surface area (Å²) in [4.78, 5) is 34.9. The molecule has 2 atom stereocenters. The van der Waals surface area contributed by atoms with Gasteiger partial charge in [0.05, 0.1) is 16.7 Å². The molecule has 3 N–H and O–H groups in total. The van der Waals surface area contributed by atoms with Crippen molar-refractivity contribution in [2.24, 2.45) is 11.0 Å². The van der Waals surface area contributed by atoms with Gasteiger partial charge in [-0.05, 0) is 17.7 Å². The minimum atomic E-state index is -0.955. The SMILES string of the molecule is O=C1NC[C@H](c2ccccc2)[C@H]1C(=O)N/N=C/c1cc(O)ccc1[N+](=O)[O-]. The van der Waals surface area contributed by atoms with E-state index in [4.69, 9.17) is 0 Å². The first-order chi connectivity index (χ1) is 13.0. The Bertz CT molecular complexity index is 913. The average Bonchev–Trinajstić information content (AvgIpc) is 3.04. The van der Waals surface area contributed by atoms with Crippen molar-refractivity contribution >= 4 is 23.7 Å². The summed E-state index contributed by atoms with van der Waals surface area (Å²) in [5, 5.41) is 26.9. The van der Waals surface area contributed by atoms with Gasteiger partial charge in [0.25, 0.3) is 11.6 Å². The Balaban J connectivity index is 1.75. The molecule has 0 spiro atoms. The van der Waals surface area contributed by atoms with Gasteiger partial charge in [-0.25, -0.2) is 5.43 Å². The summed E-state index contributed by atoms with van der Waals surface area (Å²) in [6.45, 7) is 0.336. The topological polar surface area (TPSA) is 134 Å². The van der Waals surface area contributed by atoms with Crippen molar-refractivity contribution in [1.29, 1.82) is 0 Å². The summed E-state index contributed by atoms with van der Waals surface area (Å²) in [7, 11) is 0. The van der Waals surface area contributed by atoms with Gasteiger partial charge in [0, 0.05) is 18.5 Å². The molecule has 1 fully saturated rings. The van der Waals surface area contributed by atoms with Crippen LogP contribution in [-0.2, 0) is 9.59 Å². The van der Waals surface area contributed by atoms with Crippen LogP contribution in [0.5, 0.6) is 5.75 Å². The molecule has 1 aliphatic rings. The first-order valence-electron chi connectivity index (χ1n) is 8.10. The standard InChI is InChI=1S/C18H16N4O5/c23-13-6-7-15(22(26)27)12(8-13)9-20-21-18(25)16-14(10-19-17(16)24)11-4-2-1-3-5-11/h1-9,14,16,23H,10H2,(H,19,24)(H,21,25)/b20-9+/t14-,16-/m1/s1. The second-order valence-corrected chi connectivity index (χ2v) is 5.97. The molecule has 0 aromatic heterocycles. The van der Waals surface area contributed by atoms with E-state index >= 15 is 0 Å². The normalized spacial score (nSPS) is 19.0. The number of hydrazone groups is 1. The minimum Gasteiger partial charge on any atom is -0.508 e. The van der Waals surface area contributed by atoms with Crippen LogP contribution < -0.4 is 10.7 Å². The van der Waals surface area contributed by atoms with Gasteiger partial charge < -0.3 is 10.4 Å². The quantitative estimate of drug-likeness (QED) is 0.316. The Labute approximate surface area is 153 Å². The molecule has 9 heteroatoms. The summed E-state index contributed by atoms with van der Waals surface area (Å²) in [5.41, 5.74) is 2.86. The zero-order valence-electron chi connectivity index (χ0n) is 14.0. The lowest BCUT2D eigenvalue weighted by molar-refractivity contribution is -0.385. The van der Waals surface area contributed by atoms with E-state index in [0.717, 1.165) is 23.9 Å². The number of hydrogen-bond donors (Lipinski definition) is 3. The van der Waals surface area contributed by atoms with Crippen molar-refractivity contribution in [3.63, 3.8) is 0 Å². The highest BCUT2D eigenvalue weighted by Crippen LogP contribution is 2.29. The third-order valence-corrected chi connectivity index (χ3v) is 4.28. The number of benzene rings is 2. The molecule has 3 rings (SSSR count). The molecule has 138 valence electrons. The van der Waals surface area contributed by atoms with E-state index in [0.29, 0.717) is 6.54 Å². The second-order valence-electron chi connectivity index (χ2n) is 5.97. The summed E-state index contributed by atoms with van der Waals surface area (Å²) in [6.07, 6.45) is 1.06. The highest BCUT2D eigenvalue weighted by molar-refractivity contribution is 6.03. The van der Waals surface area contributed by atoms with E-state index in [-0.39, 0.29) is 22.9 Å². The van der Waals surface area contributed by atoms with Crippen LogP contribution in [0.25, 0.3) is 0 Å². The highest BCUT2D eigenvalue weighted by Gasteiger charge is 2.40. The van der Waals surface area contributed by atoms with E-state index < -0.39 is 22.7 Å². The molecule has 1 saturated heterocycles. The van der Waals surface area contributed by atoms with E-state index in [2.05, 4.69) is 15.8 Å². The van der Waals surface area contributed by atoms with Gasteiger partial charge in [-0.3, -0.25) is 19.7 Å². The highest BCUT2D eigenvalue weighted by atomic mass is 16.6. The van der Waals surface area contributed by atoms with Crippen LogP contribution in [0.3, 0.4) is 0 Å². The van der Waals surface area contributed by atoms with Gasteiger partial charge in [0.1, 0.15) is 11.7 Å². The van der Waals surface area contributed by atoms with Gasteiger partial charge in [-0.15, -0.1) is 0 Å². The van der Waals surface area contributed by atoms with Crippen LogP contribution in [0.1, 0.15) is 17.0 Å². The minimum absolute atomic E-state index is 0.0239. The first kappa shape index (κ1) is 18.1. The van der Waals surface area contributed by atoms with E-state index in [1.165, 1.54) is 6.07 Å². The lowest BCUT2D eigenvalue weighted by Crippen LogP contribution is -2.34. The molecule has 2 aromatic rings. The molecular formula is C18H16N4O5. The molecule has 0 saturated carbocycles. The summed E-state index contributed by atoms with van der Waals surface area (Å²) < 4.78 is 0. The predicted molar refractivity (Wildman–Crippen MR) is 96.2 cm³/mol. The third-order valence-electron chi connectivity index (χ3n) is 4.28. The van der Waals surface area contributed by atoms with E-state index in [1.807, 2.05) is 30.3 Å². The van der Waals surface area contributed by atoms with E-state index in [1.54, 1.807) is 0 Å². The number of rotatable bonds is 5. The smallest absolute Gasteiger partial charge is 0.278 e. The Morgan fingerprint density at radius 2 is 2.04 bits per heavy atom. The fourth-order valence-electron chi connectivity index (χ4n) is 2.98. The maximum absolute atomic E-state index is 12.4. The molecule has 0 aliphatic carbocycles. The summed E-state index contributed by atoms with van der Waals surface area (Å²) in [6, 6.07) is 12.6. The number of amides is 2. The lowest BCUT2D eigenvalue weighted by Gasteiger charge is -2.15. The van der Waals surface area contributed by atoms with Gasteiger partial charge in [0.15, 0.2) is 0 Å². The van der Waals surface area contributed by atoms with Crippen LogP contribution in [0.4, 0.5) is 5.69 Å². The van der Waals surface area contributed by atoms with Crippen LogP contribution >= 0.6 is 0 Å². The van der Waals surface area contributed by atoms with Gasteiger partial charge >= 0.3 is 0 Å². The number of carbonyl (C=O) groups excluding carboxylic acids is 2. The van der Waals surface area contributed by atoms with Crippen LogP contribution in [0.15, 0.2) is 53.6 Å². The van der Waals surface area contributed by atoms with Gasteiger partial charge in [-0.2, -0.15) is 5.10 Å². The van der Waals surface area contributed by atoms with Crippen molar-refractivity contribution in [2.45, 2.75) is 5.92 Å².